The Kier molecular flexibility index (Phi) is 7.22. The van der Waals surface area contributed by atoms with Crippen molar-refractivity contribution in [2.45, 2.75) is 47.2 Å². The number of rotatable bonds is 9. The third-order valence-corrected chi connectivity index (χ3v) is 2.75. The molecule has 0 saturated heterocycles. The molecular formula is C14H27N5O. The van der Waals surface area contributed by atoms with Gasteiger partial charge in [-0.15, -0.1) is 0 Å². The van der Waals surface area contributed by atoms with Gasteiger partial charge in [0, 0.05) is 26.1 Å². The molecule has 0 aliphatic rings. The zero-order valence-corrected chi connectivity index (χ0v) is 13.0. The van der Waals surface area contributed by atoms with Crippen LogP contribution in [0.4, 0.5) is 0 Å². The average Bonchev–Trinajstić information content (AvgIpc) is 2.78. The second-order valence-electron chi connectivity index (χ2n) is 5.88. The first-order valence-corrected chi connectivity index (χ1v) is 7.33. The molecule has 2 N–H and O–H groups in total. The highest BCUT2D eigenvalue weighted by molar-refractivity contribution is 5.76. The SMILES string of the molecule is CC(C)CNC(=O)CCNCc1ncnn1CC(C)C. The van der Waals surface area contributed by atoms with E-state index < -0.39 is 0 Å². The maximum atomic E-state index is 11.5. The molecule has 0 saturated carbocycles. The van der Waals surface area contributed by atoms with Crippen molar-refractivity contribution in [2.24, 2.45) is 11.8 Å². The van der Waals surface area contributed by atoms with Crippen LogP contribution >= 0.6 is 0 Å². The van der Waals surface area contributed by atoms with Gasteiger partial charge in [0.25, 0.3) is 0 Å². The summed E-state index contributed by atoms with van der Waals surface area (Å²) in [4.78, 5) is 15.8. The van der Waals surface area contributed by atoms with Crippen molar-refractivity contribution >= 4 is 5.91 Å². The third-order valence-electron chi connectivity index (χ3n) is 2.75. The Bertz CT molecular complexity index is 400. The van der Waals surface area contributed by atoms with Crippen molar-refractivity contribution in [1.82, 2.24) is 25.4 Å². The molecule has 0 fully saturated rings. The zero-order chi connectivity index (χ0) is 15.0. The van der Waals surface area contributed by atoms with Gasteiger partial charge in [0.2, 0.25) is 5.91 Å². The lowest BCUT2D eigenvalue weighted by atomic mass is 10.2. The number of hydrogen-bond donors (Lipinski definition) is 2. The van der Waals surface area contributed by atoms with Gasteiger partial charge in [-0.05, 0) is 11.8 Å². The number of amides is 1. The Morgan fingerprint density at radius 2 is 2.05 bits per heavy atom. The topological polar surface area (TPSA) is 71.8 Å². The fourth-order valence-electron chi connectivity index (χ4n) is 1.73. The number of carbonyl (C=O) groups is 1. The first-order chi connectivity index (χ1) is 9.49. The average molecular weight is 281 g/mol. The van der Waals surface area contributed by atoms with Gasteiger partial charge in [0.1, 0.15) is 12.2 Å². The minimum atomic E-state index is 0.0925. The molecule has 0 spiro atoms. The van der Waals surface area contributed by atoms with Crippen LogP contribution in [0.15, 0.2) is 6.33 Å². The minimum absolute atomic E-state index is 0.0925. The molecule has 114 valence electrons. The second kappa shape index (κ2) is 8.68. The molecule has 1 rings (SSSR count). The molecule has 0 aliphatic carbocycles. The molecular weight excluding hydrogens is 254 g/mol. The lowest BCUT2D eigenvalue weighted by Crippen LogP contribution is -2.30. The van der Waals surface area contributed by atoms with E-state index in [0.29, 0.717) is 31.3 Å². The largest absolute Gasteiger partial charge is 0.356 e. The highest BCUT2D eigenvalue weighted by Crippen LogP contribution is 2.00. The van der Waals surface area contributed by atoms with Gasteiger partial charge < -0.3 is 10.6 Å². The Morgan fingerprint density at radius 1 is 1.30 bits per heavy atom. The van der Waals surface area contributed by atoms with E-state index in [1.165, 1.54) is 0 Å². The molecule has 1 aromatic rings. The monoisotopic (exact) mass is 281 g/mol. The molecule has 0 atom stereocenters. The number of hydrogen-bond acceptors (Lipinski definition) is 4. The van der Waals surface area contributed by atoms with E-state index in [0.717, 1.165) is 18.9 Å². The molecule has 6 heteroatoms. The van der Waals surface area contributed by atoms with Gasteiger partial charge in [0.05, 0.1) is 6.54 Å². The fourth-order valence-corrected chi connectivity index (χ4v) is 1.73. The van der Waals surface area contributed by atoms with E-state index >= 15 is 0 Å². The van der Waals surface area contributed by atoms with Gasteiger partial charge in [0.15, 0.2) is 0 Å². The minimum Gasteiger partial charge on any atom is -0.356 e. The molecule has 0 unspecified atom stereocenters. The first-order valence-electron chi connectivity index (χ1n) is 7.33. The first kappa shape index (κ1) is 16.6. The van der Waals surface area contributed by atoms with Gasteiger partial charge in [-0.2, -0.15) is 5.10 Å². The van der Waals surface area contributed by atoms with Crippen molar-refractivity contribution in [3.63, 3.8) is 0 Å². The van der Waals surface area contributed by atoms with Crippen LogP contribution in [0.3, 0.4) is 0 Å². The van der Waals surface area contributed by atoms with Crippen molar-refractivity contribution in [3.8, 4) is 0 Å². The molecule has 20 heavy (non-hydrogen) atoms. The maximum Gasteiger partial charge on any atom is 0.221 e. The highest BCUT2D eigenvalue weighted by Gasteiger charge is 2.06. The molecule has 0 aliphatic heterocycles. The molecule has 0 radical (unpaired) electrons. The van der Waals surface area contributed by atoms with E-state index in [4.69, 9.17) is 0 Å². The molecule has 6 nitrogen and oxygen atoms in total. The van der Waals surface area contributed by atoms with Gasteiger partial charge in [-0.1, -0.05) is 27.7 Å². The molecule has 1 aromatic heterocycles. The zero-order valence-electron chi connectivity index (χ0n) is 13.0. The Hall–Kier alpha value is -1.43. The summed E-state index contributed by atoms with van der Waals surface area (Å²) in [6, 6.07) is 0. The molecule has 0 aromatic carbocycles. The van der Waals surface area contributed by atoms with Gasteiger partial charge >= 0.3 is 0 Å². The predicted octanol–water partition coefficient (Wildman–Crippen LogP) is 1.19. The summed E-state index contributed by atoms with van der Waals surface area (Å²) >= 11 is 0. The van der Waals surface area contributed by atoms with Gasteiger partial charge in [-0.25, -0.2) is 9.67 Å². The number of aromatic nitrogens is 3. The van der Waals surface area contributed by atoms with Crippen molar-refractivity contribution in [2.75, 3.05) is 13.1 Å². The van der Waals surface area contributed by atoms with E-state index in [2.05, 4.69) is 48.4 Å². The summed E-state index contributed by atoms with van der Waals surface area (Å²) in [5.41, 5.74) is 0. The van der Waals surface area contributed by atoms with E-state index in [-0.39, 0.29) is 5.91 Å². The molecule has 1 heterocycles. The van der Waals surface area contributed by atoms with Crippen LogP contribution in [0.25, 0.3) is 0 Å². The smallest absolute Gasteiger partial charge is 0.221 e. The van der Waals surface area contributed by atoms with Crippen LogP contribution in [-0.4, -0.2) is 33.8 Å². The number of carbonyl (C=O) groups excluding carboxylic acids is 1. The summed E-state index contributed by atoms with van der Waals surface area (Å²) in [6.07, 6.45) is 2.07. The summed E-state index contributed by atoms with van der Waals surface area (Å²) in [5.74, 6) is 2.04. The lowest BCUT2D eigenvalue weighted by Gasteiger charge is -2.10. The Labute approximate surface area is 121 Å². The highest BCUT2D eigenvalue weighted by atomic mass is 16.1. The van der Waals surface area contributed by atoms with Crippen molar-refractivity contribution in [1.29, 1.82) is 0 Å². The molecule has 1 amide bonds. The van der Waals surface area contributed by atoms with Crippen molar-refractivity contribution < 1.29 is 4.79 Å². The van der Waals surface area contributed by atoms with Crippen LogP contribution in [-0.2, 0) is 17.9 Å². The third kappa shape index (κ3) is 6.65. The van der Waals surface area contributed by atoms with E-state index in [1.807, 2.05) is 4.68 Å². The second-order valence-corrected chi connectivity index (χ2v) is 5.88. The lowest BCUT2D eigenvalue weighted by molar-refractivity contribution is -0.121. The van der Waals surface area contributed by atoms with Crippen LogP contribution in [0.5, 0.6) is 0 Å². The maximum absolute atomic E-state index is 11.5. The van der Waals surface area contributed by atoms with Crippen LogP contribution in [0.1, 0.15) is 39.9 Å². The summed E-state index contributed by atoms with van der Waals surface area (Å²) < 4.78 is 1.91. The Balaban J connectivity index is 2.21. The summed E-state index contributed by atoms with van der Waals surface area (Å²) in [7, 11) is 0. The van der Waals surface area contributed by atoms with Gasteiger partial charge in [-0.3, -0.25) is 4.79 Å². The van der Waals surface area contributed by atoms with Crippen LogP contribution < -0.4 is 10.6 Å². The van der Waals surface area contributed by atoms with Crippen LogP contribution in [0.2, 0.25) is 0 Å². The van der Waals surface area contributed by atoms with Crippen molar-refractivity contribution in [3.05, 3.63) is 12.2 Å². The summed E-state index contributed by atoms with van der Waals surface area (Å²) in [6.45, 7) is 11.4. The predicted molar refractivity (Wildman–Crippen MR) is 79.0 cm³/mol. The van der Waals surface area contributed by atoms with E-state index in [9.17, 15) is 4.79 Å². The normalized spacial score (nSPS) is 11.3. The number of nitrogens with zero attached hydrogens (tertiary/aromatic N) is 3. The standard InChI is InChI=1S/C14H27N5O/c1-11(2)7-16-14(20)5-6-15-8-13-17-10-18-19(13)9-12(3)4/h10-12,15H,5-9H2,1-4H3,(H,16,20). The Morgan fingerprint density at radius 3 is 2.70 bits per heavy atom. The molecule has 0 bridgehead atoms. The summed E-state index contributed by atoms with van der Waals surface area (Å²) in [5, 5.41) is 10.3. The van der Waals surface area contributed by atoms with E-state index in [1.54, 1.807) is 6.33 Å². The number of nitrogens with one attached hydrogen (secondary N) is 2. The fraction of sp³-hybridized carbons (Fsp3) is 0.786. The quantitative estimate of drug-likeness (QED) is 0.667. The van der Waals surface area contributed by atoms with Crippen LogP contribution in [0, 0.1) is 11.8 Å².